The van der Waals surface area contributed by atoms with Crippen molar-refractivity contribution in [3.63, 3.8) is 0 Å². The number of anilines is 1. The third-order valence-corrected chi connectivity index (χ3v) is 9.42. The van der Waals surface area contributed by atoms with Crippen LogP contribution in [0.15, 0.2) is 108 Å². The van der Waals surface area contributed by atoms with E-state index < -0.39 is 51.9 Å². The molecule has 7 nitrogen and oxygen atoms in total. The molecular formula is C34H32Cl2F3N3O4S. The lowest BCUT2D eigenvalue weighted by Crippen LogP contribution is -2.54. The van der Waals surface area contributed by atoms with Crippen molar-refractivity contribution in [3.8, 4) is 0 Å². The number of nitrogens with one attached hydrogen (secondary N) is 1. The van der Waals surface area contributed by atoms with Crippen molar-refractivity contribution < 1.29 is 31.2 Å². The molecule has 1 atom stereocenters. The first-order chi connectivity index (χ1) is 22.2. The molecule has 4 aromatic rings. The van der Waals surface area contributed by atoms with E-state index in [9.17, 15) is 31.2 Å². The van der Waals surface area contributed by atoms with E-state index >= 15 is 0 Å². The summed E-state index contributed by atoms with van der Waals surface area (Å²) in [7, 11) is -4.66. The highest BCUT2D eigenvalue weighted by atomic mass is 35.5. The van der Waals surface area contributed by atoms with Gasteiger partial charge in [-0.1, -0.05) is 83.9 Å². The number of nitrogens with zero attached hydrogens (tertiary/aromatic N) is 2. The second-order valence-corrected chi connectivity index (χ2v) is 13.7. The van der Waals surface area contributed by atoms with Crippen molar-refractivity contribution in [3.05, 3.63) is 130 Å². The number of hydrogen-bond acceptors (Lipinski definition) is 4. The van der Waals surface area contributed by atoms with Gasteiger partial charge in [-0.3, -0.25) is 13.9 Å². The minimum Gasteiger partial charge on any atom is -0.352 e. The molecule has 0 aliphatic rings. The Morgan fingerprint density at radius 3 is 2.04 bits per heavy atom. The van der Waals surface area contributed by atoms with E-state index in [-0.39, 0.29) is 28.9 Å². The van der Waals surface area contributed by atoms with Crippen LogP contribution in [0.25, 0.3) is 0 Å². The Bertz CT molecular complexity index is 1810. The summed E-state index contributed by atoms with van der Waals surface area (Å²) in [6.07, 6.45) is -4.78. The Kier molecular flexibility index (Phi) is 11.6. The number of rotatable bonds is 12. The molecule has 248 valence electrons. The van der Waals surface area contributed by atoms with Crippen molar-refractivity contribution in [1.82, 2.24) is 10.2 Å². The summed E-state index contributed by atoms with van der Waals surface area (Å²) in [4.78, 5) is 29.1. The summed E-state index contributed by atoms with van der Waals surface area (Å²) in [6, 6.07) is 23.3. The number of halogens is 5. The molecule has 1 N–H and O–H groups in total. The molecule has 4 aromatic carbocycles. The summed E-state index contributed by atoms with van der Waals surface area (Å²) < 4.78 is 70.1. The van der Waals surface area contributed by atoms with Crippen LogP contribution in [0, 0.1) is 0 Å². The van der Waals surface area contributed by atoms with Gasteiger partial charge >= 0.3 is 6.18 Å². The van der Waals surface area contributed by atoms with Crippen molar-refractivity contribution in [1.29, 1.82) is 0 Å². The summed E-state index contributed by atoms with van der Waals surface area (Å²) in [5.74, 6) is -1.37. The average molecular weight is 707 g/mol. The Balaban J connectivity index is 1.87. The smallest absolute Gasteiger partial charge is 0.352 e. The van der Waals surface area contributed by atoms with Crippen LogP contribution >= 0.6 is 23.2 Å². The van der Waals surface area contributed by atoms with Gasteiger partial charge in [-0.25, -0.2) is 8.42 Å². The molecule has 0 heterocycles. The molecule has 0 spiro atoms. The summed E-state index contributed by atoms with van der Waals surface area (Å²) in [5.41, 5.74) is -0.454. The average Bonchev–Trinajstić information content (AvgIpc) is 3.02. The lowest BCUT2D eigenvalue weighted by Gasteiger charge is -2.34. The fraction of sp³-hybridized carbons (Fsp3) is 0.235. The first-order valence-corrected chi connectivity index (χ1v) is 16.7. The van der Waals surface area contributed by atoms with Crippen LogP contribution in [0.1, 0.15) is 30.5 Å². The van der Waals surface area contributed by atoms with Crippen molar-refractivity contribution in [2.75, 3.05) is 10.8 Å². The van der Waals surface area contributed by atoms with Crippen molar-refractivity contribution >= 4 is 50.7 Å². The maximum absolute atomic E-state index is 14.5. The van der Waals surface area contributed by atoms with Crippen LogP contribution in [-0.4, -0.2) is 43.8 Å². The van der Waals surface area contributed by atoms with Gasteiger partial charge in [-0.2, -0.15) is 13.2 Å². The third-order valence-electron chi connectivity index (χ3n) is 7.10. The van der Waals surface area contributed by atoms with E-state index in [1.807, 2.05) is 0 Å². The molecule has 0 saturated heterocycles. The first-order valence-electron chi connectivity index (χ1n) is 14.5. The van der Waals surface area contributed by atoms with Gasteiger partial charge in [0, 0.05) is 24.0 Å². The van der Waals surface area contributed by atoms with E-state index in [2.05, 4.69) is 5.32 Å². The van der Waals surface area contributed by atoms with Crippen LogP contribution in [0.5, 0.6) is 0 Å². The zero-order chi connectivity index (χ0) is 34.4. The zero-order valence-corrected chi connectivity index (χ0v) is 27.7. The lowest BCUT2D eigenvalue weighted by molar-refractivity contribution is -0.140. The largest absolute Gasteiger partial charge is 0.416 e. The third kappa shape index (κ3) is 9.27. The molecule has 0 aliphatic carbocycles. The van der Waals surface area contributed by atoms with Gasteiger partial charge in [0.25, 0.3) is 10.0 Å². The highest BCUT2D eigenvalue weighted by molar-refractivity contribution is 7.92. The number of amides is 2. The minimum absolute atomic E-state index is 0.0570. The Morgan fingerprint density at radius 2 is 1.45 bits per heavy atom. The van der Waals surface area contributed by atoms with Crippen molar-refractivity contribution in [2.45, 2.75) is 50.0 Å². The number of sulfonamides is 1. The standard InChI is InChI=1S/C34H32Cl2F3N3O4S/c1-23(2)40-33(44)31(19-24-10-5-3-6-11-24)41(21-25-12-9-13-27(35)18-25)32(43)22-42(47(45,46)28-14-7-4-8-15-28)30-20-26(34(37,38)39)16-17-29(30)36/h3-18,20,23,31H,19,21-22H2,1-2H3,(H,40,44)/t31-/m0/s1. The van der Waals surface area contributed by atoms with E-state index in [1.54, 1.807) is 74.5 Å². The first kappa shape index (κ1) is 35.8. The van der Waals surface area contributed by atoms with Crippen LogP contribution in [0.2, 0.25) is 10.0 Å². The van der Waals surface area contributed by atoms with Gasteiger partial charge in [0.15, 0.2) is 0 Å². The highest BCUT2D eigenvalue weighted by Crippen LogP contribution is 2.37. The monoisotopic (exact) mass is 705 g/mol. The molecule has 0 fully saturated rings. The topological polar surface area (TPSA) is 86.8 Å². The Labute approximate surface area is 282 Å². The molecule has 0 aliphatic heterocycles. The van der Waals surface area contributed by atoms with Crippen LogP contribution in [0.4, 0.5) is 18.9 Å². The number of alkyl halides is 3. The number of carbonyl (C=O) groups excluding carboxylic acids is 2. The van der Waals surface area contributed by atoms with Gasteiger partial charge in [-0.15, -0.1) is 0 Å². The molecule has 13 heteroatoms. The highest BCUT2D eigenvalue weighted by Gasteiger charge is 2.37. The maximum Gasteiger partial charge on any atom is 0.416 e. The second kappa shape index (κ2) is 15.2. The Hall–Kier alpha value is -4.06. The molecule has 4 rings (SSSR count). The summed E-state index contributed by atoms with van der Waals surface area (Å²) in [6.45, 7) is 2.37. The predicted octanol–water partition coefficient (Wildman–Crippen LogP) is 7.37. The lowest BCUT2D eigenvalue weighted by atomic mass is 10.0. The number of hydrogen-bond donors (Lipinski definition) is 1. The van der Waals surface area contributed by atoms with Crippen LogP contribution in [-0.2, 0) is 38.8 Å². The van der Waals surface area contributed by atoms with Crippen molar-refractivity contribution in [2.24, 2.45) is 0 Å². The quantitative estimate of drug-likeness (QED) is 0.167. The predicted molar refractivity (Wildman–Crippen MR) is 177 cm³/mol. The molecule has 47 heavy (non-hydrogen) atoms. The zero-order valence-electron chi connectivity index (χ0n) is 25.4. The molecule has 0 radical (unpaired) electrons. The molecule has 2 amide bonds. The maximum atomic E-state index is 14.5. The molecule has 0 aromatic heterocycles. The minimum atomic E-state index is -4.83. The molecule has 0 unspecified atom stereocenters. The number of carbonyl (C=O) groups is 2. The van der Waals surface area contributed by atoms with E-state index in [0.717, 1.165) is 17.7 Å². The van der Waals surface area contributed by atoms with Crippen LogP contribution < -0.4 is 9.62 Å². The second-order valence-electron chi connectivity index (χ2n) is 11.0. The SMILES string of the molecule is CC(C)NC(=O)[C@H](Cc1ccccc1)N(Cc1cccc(Cl)c1)C(=O)CN(c1cc(C(F)(F)F)ccc1Cl)S(=O)(=O)c1ccccc1. The van der Waals surface area contributed by atoms with E-state index in [1.165, 1.54) is 29.2 Å². The van der Waals surface area contributed by atoms with E-state index in [4.69, 9.17) is 23.2 Å². The normalized spacial score (nSPS) is 12.4. The van der Waals surface area contributed by atoms with Gasteiger partial charge < -0.3 is 10.2 Å². The fourth-order valence-electron chi connectivity index (χ4n) is 4.88. The van der Waals surface area contributed by atoms with E-state index in [0.29, 0.717) is 21.0 Å². The van der Waals surface area contributed by atoms with Gasteiger partial charge in [-0.05, 0) is 67.4 Å². The summed E-state index contributed by atoms with van der Waals surface area (Å²) >= 11 is 12.6. The van der Waals surface area contributed by atoms with Gasteiger partial charge in [0.1, 0.15) is 12.6 Å². The molecular weight excluding hydrogens is 674 g/mol. The molecule has 0 saturated carbocycles. The summed E-state index contributed by atoms with van der Waals surface area (Å²) in [5, 5.41) is 2.87. The fourth-order valence-corrected chi connectivity index (χ4v) is 6.81. The number of benzene rings is 4. The van der Waals surface area contributed by atoms with Crippen LogP contribution in [0.3, 0.4) is 0 Å². The Morgan fingerprint density at radius 1 is 0.830 bits per heavy atom. The van der Waals surface area contributed by atoms with Gasteiger partial charge in [0.05, 0.1) is 21.2 Å². The van der Waals surface area contributed by atoms with Gasteiger partial charge in [0.2, 0.25) is 11.8 Å². The molecule has 0 bridgehead atoms.